The maximum Gasteiger partial charge on any atom is 0.134 e. The highest BCUT2D eigenvalue weighted by atomic mass is 16.5. The zero-order valence-corrected chi connectivity index (χ0v) is 11.2. The van der Waals surface area contributed by atoms with Crippen molar-refractivity contribution < 1.29 is 9.26 Å². The average molecular weight is 269 g/mol. The number of hydrogen-bond donors (Lipinski definition) is 1. The molecule has 0 bridgehead atoms. The minimum absolute atomic E-state index is 0.427. The van der Waals surface area contributed by atoms with Crippen molar-refractivity contribution in [2.45, 2.75) is 32.3 Å². The predicted octanol–water partition coefficient (Wildman–Crippen LogP) is 3.32. The molecule has 3 aromatic rings. The molecule has 0 spiro atoms. The van der Waals surface area contributed by atoms with Crippen LogP contribution >= 0.6 is 0 Å². The first kappa shape index (κ1) is 11.5. The minimum atomic E-state index is 0.427. The molecule has 2 heterocycles. The van der Waals surface area contributed by atoms with Crippen molar-refractivity contribution >= 4 is 10.9 Å². The lowest BCUT2D eigenvalue weighted by atomic mass is 10.1. The summed E-state index contributed by atoms with van der Waals surface area (Å²) < 4.78 is 11.0. The fraction of sp³-hybridized carbons (Fsp3) is 0.333. The standard InChI is InChI=1S/C15H15N3O2/c1-9-4-12(18-20-9)8-19-15-6-14-11(7-16-17-14)5-13(15)10-2-3-10/h4-7,10H,2-3,8H2,1H3,(H,16,17). The van der Waals surface area contributed by atoms with E-state index in [0.717, 1.165) is 28.1 Å². The molecular weight excluding hydrogens is 254 g/mol. The van der Waals surface area contributed by atoms with Gasteiger partial charge in [0.1, 0.15) is 23.8 Å². The van der Waals surface area contributed by atoms with Crippen LogP contribution in [0.15, 0.2) is 28.9 Å². The van der Waals surface area contributed by atoms with E-state index >= 15 is 0 Å². The smallest absolute Gasteiger partial charge is 0.134 e. The highest BCUT2D eigenvalue weighted by molar-refractivity contribution is 5.81. The summed E-state index contributed by atoms with van der Waals surface area (Å²) in [6.07, 6.45) is 4.33. The van der Waals surface area contributed by atoms with Gasteiger partial charge in [-0.15, -0.1) is 0 Å². The molecule has 5 nitrogen and oxygen atoms in total. The third-order valence-electron chi connectivity index (χ3n) is 3.64. The molecule has 20 heavy (non-hydrogen) atoms. The van der Waals surface area contributed by atoms with Gasteiger partial charge in [-0.1, -0.05) is 5.16 Å². The lowest BCUT2D eigenvalue weighted by Crippen LogP contribution is -1.98. The third kappa shape index (κ3) is 2.05. The van der Waals surface area contributed by atoms with Crippen LogP contribution in [0, 0.1) is 6.92 Å². The van der Waals surface area contributed by atoms with Crippen LogP contribution in [0.25, 0.3) is 10.9 Å². The second-order valence-electron chi connectivity index (χ2n) is 5.34. The van der Waals surface area contributed by atoms with Gasteiger partial charge in [0.25, 0.3) is 0 Å². The van der Waals surface area contributed by atoms with Crippen molar-refractivity contribution in [3.8, 4) is 5.75 Å². The third-order valence-corrected chi connectivity index (χ3v) is 3.64. The number of benzene rings is 1. The molecule has 5 heteroatoms. The predicted molar refractivity (Wildman–Crippen MR) is 73.6 cm³/mol. The number of aromatic amines is 1. The second-order valence-corrected chi connectivity index (χ2v) is 5.34. The Morgan fingerprint density at radius 2 is 2.25 bits per heavy atom. The van der Waals surface area contributed by atoms with E-state index < -0.39 is 0 Å². The van der Waals surface area contributed by atoms with Crippen LogP contribution in [0.1, 0.15) is 35.8 Å². The summed E-state index contributed by atoms with van der Waals surface area (Å²) in [6.45, 7) is 2.31. The maximum absolute atomic E-state index is 5.95. The topological polar surface area (TPSA) is 63.9 Å². The molecule has 0 atom stereocenters. The summed E-state index contributed by atoms with van der Waals surface area (Å²) in [6, 6.07) is 6.11. The largest absolute Gasteiger partial charge is 0.487 e. The molecule has 2 aromatic heterocycles. The molecule has 4 rings (SSSR count). The molecule has 1 aliphatic carbocycles. The van der Waals surface area contributed by atoms with E-state index in [4.69, 9.17) is 9.26 Å². The minimum Gasteiger partial charge on any atom is -0.487 e. The summed E-state index contributed by atoms with van der Waals surface area (Å²) in [5, 5.41) is 12.2. The molecule has 0 radical (unpaired) electrons. The Hall–Kier alpha value is -2.30. The van der Waals surface area contributed by atoms with E-state index in [9.17, 15) is 0 Å². The van der Waals surface area contributed by atoms with Crippen LogP contribution in [0.2, 0.25) is 0 Å². The molecule has 1 aromatic carbocycles. The van der Waals surface area contributed by atoms with Gasteiger partial charge >= 0.3 is 0 Å². The first-order valence-corrected chi connectivity index (χ1v) is 6.81. The van der Waals surface area contributed by atoms with E-state index in [2.05, 4.69) is 21.4 Å². The zero-order valence-electron chi connectivity index (χ0n) is 11.2. The maximum atomic E-state index is 5.95. The van der Waals surface area contributed by atoms with Crippen molar-refractivity contribution in [3.05, 3.63) is 41.4 Å². The lowest BCUT2D eigenvalue weighted by molar-refractivity contribution is 0.285. The Labute approximate surface area is 115 Å². The van der Waals surface area contributed by atoms with Crippen molar-refractivity contribution in [2.75, 3.05) is 0 Å². The molecule has 1 aliphatic rings. The first-order chi connectivity index (χ1) is 9.79. The Morgan fingerprint density at radius 1 is 1.35 bits per heavy atom. The van der Waals surface area contributed by atoms with Gasteiger partial charge in [-0.05, 0) is 37.3 Å². The van der Waals surface area contributed by atoms with Crippen molar-refractivity contribution in [3.63, 3.8) is 0 Å². The van der Waals surface area contributed by atoms with Gasteiger partial charge < -0.3 is 9.26 Å². The van der Waals surface area contributed by atoms with E-state index in [0.29, 0.717) is 12.5 Å². The molecule has 0 aliphatic heterocycles. The summed E-state index contributed by atoms with van der Waals surface area (Å²) in [5.74, 6) is 2.35. The van der Waals surface area contributed by atoms with Crippen LogP contribution in [0.3, 0.4) is 0 Å². The Kier molecular flexibility index (Phi) is 2.52. The number of H-pyrrole nitrogens is 1. The number of ether oxygens (including phenoxy) is 1. The highest BCUT2D eigenvalue weighted by Gasteiger charge is 2.27. The summed E-state index contributed by atoms with van der Waals surface area (Å²) in [4.78, 5) is 0. The van der Waals surface area contributed by atoms with E-state index in [-0.39, 0.29) is 0 Å². The lowest BCUT2D eigenvalue weighted by Gasteiger charge is -2.10. The second kappa shape index (κ2) is 4.37. The van der Waals surface area contributed by atoms with Crippen LogP contribution in [-0.4, -0.2) is 15.4 Å². The van der Waals surface area contributed by atoms with Crippen LogP contribution in [0.4, 0.5) is 0 Å². The zero-order chi connectivity index (χ0) is 13.5. The number of fused-ring (bicyclic) bond motifs is 1. The number of nitrogens with zero attached hydrogens (tertiary/aromatic N) is 2. The van der Waals surface area contributed by atoms with Gasteiger partial charge in [-0.2, -0.15) is 5.10 Å². The average Bonchev–Trinajstić information content (AvgIpc) is 3.05. The Morgan fingerprint density at radius 3 is 3.00 bits per heavy atom. The molecular formula is C15H15N3O2. The molecule has 0 amide bonds. The summed E-state index contributed by atoms with van der Waals surface area (Å²) >= 11 is 0. The number of aryl methyl sites for hydroxylation is 1. The fourth-order valence-corrected chi connectivity index (χ4v) is 2.47. The van der Waals surface area contributed by atoms with Gasteiger partial charge in [-0.25, -0.2) is 0 Å². The van der Waals surface area contributed by atoms with Gasteiger partial charge in [-0.3, -0.25) is 5.10 Å². The Bertz CT molecular complexity index is 755. The van der Waals surface area contributed by atoms with Gasteiger partial charge in [0, 0.05) is 17.5 Å². The van der Waals surface area contributed by atoms with Gasteiger partial charge in [0.2, 0.25) is 0 Å². The summed E-state index contributed by atoms with van der Waals surface area (Å²) in [7, 11) is 0. The van der Waals surface area contributed by atoms with E-state index in [1.807, 2.05) is 25.3 Å². The first-order valence-electron chi connectivity index (χ1n) is 6.81. The van der Waals surface area contributed by atoms with E-state index in [1.54, 1.807) is 0 Å². The van der Waals surface area contributed by atoms with Crippen LogP contribution < -0.4 is 4.74 Å². The van der Waals surface area contributed by atoms with E-state index in [1.165, 1.54) is 18.4 Å². The monoisotopic (exact) mass is 269 g/mol. The number of nitrogens with one attached hydrogen (secondary N) is 1. The normalized spacial score (nSPS) is 14.8. The molecule has 1 N–H and O–H groups in total. The van der Waals surface area contributed by atoms with Crippen LogP contribution in [0.5, 0.6) is 5.75 Å². The molecule has 102 valence electrons. The summed E-state index contributed by atoms with van der Waals surface area (Å²) in [5.41, 5.74) is 3.09. The highest BCUT2D eigenvalue weighted by Crippen LogP contribution is 2.45. The number of hydrogen-bond acceptors (Lipinski definition) is 4. The van der Waals surface area contributed by atoms with Gasteiger partial charge in [0.05, 0.1) is 11.7 Å². The van der Waals surface area contributed by atoms with Crippen LogP contribution in [-0.2, 0) is 6.61 Å². The Balaban J connectivity index is 1.64. The number of rotatable bonds is 4. The van der Waals surface area contributed by atoms with Gasteiger partial charge in [0.15, 0.2) is 0 Å². The number of aromatic nitrogens is 3. The quantitative estimate of drug-likeness (QED) is 0.789. The molecule has 0 saturated heterocycles. The fourth-order valence-electron chi connectivity index (χ4n) is 2.47. The molecule has 1 saturated carbocycles. The SMILES string of the molecule is Cc1cc(COc2cc3[nH]ncc3cc2C2CC2)no1. The van der Waals surface area contributed by atoms with Crippen molar-refractivity contribution in [1.29, 1.82) is 0 Å². The van der Waals surface area contributed by atoms with Crippen molar-refractivity contribution in [1.82, 2.24) is 15.4 Å². The molecule has 1 fully saturated rings. The van der Waals surface area contributed by atoms with Crippen molar-refractivity contribution in [2.24, 2.45) is 0 Å². The molecule has 0 unspecified atom stereocenters.